The van der Waals surface area contributed by atoms with E-state index in [1.165, 1.54) is 4.79 Å². The molecule has 0 spiro atoms. The average molecular weight is 239 g/mol. The molecule has 1 aliphatic heterocycles. The number of benzene rings is 2. The molecule has 0 atom stereocenters. The molecule has 0 aliphatic carbocycles. The molecule has 0 unspecified atom stereocenters. The third-order valence-corrected chi connectivity index (χ3v) is 3.13. The number of aromatic hydroxyl groups is 1. The normalized spacial score (nSPS) is 12.2. The second-order valence-corrected chi connectivity index (χ2v) is 4.23. The van der Waals surface area contributed by atoms with Gasteiger partial charge in [-0.1, -0.05) is 6.07 Å². The number of nitrogen functional groups attached to an aromatic ring is 1. The van der Waals surface area contributed by atoms with Gasteiger partial charge in [0.15, 0.2) is 0 Å². The molecule has 88 valence electrons. The summed E-state index contributed by atoms with van der Waals surface area (Å²) >= 11 is 0. The zero-order chi connectivity index (χ0) is 12.3. The maximum absolute atomic E-state index is 9.58. The Morgan fingerprint density at radius 2 is 2.06 bits per heavy atom. The van der Waals surface area contributed by atoms with E-state index in [-0.39, 0.29) is 5.75 Å². The molecule has 5 heteroatoms. The van der Waals surface area contributed by atoms with Crippen LogP contribution in [0.3, 0.4) is 0 Å². The Kier molecular flexibility index (Phi) is 1.53. The van der Waals surface area contributed by atoms with Crippen LogP contribution in [0.15, 0.2) is 36.4 Å². The zero-order valence-corrected chi connectivity index (χ0v) is 9.29. The topological polar surface area (TPSA) is 73.3 Å². The van der Waals surface area contributed by atoms with Crippen molar-refractivity contribution >= 4 is 10.9 Å². The van der Waals surface area contributed by atoms with Crippen LogP contribution in [0.4, 0.5) is 0 Å². The fourth-order valence-corrected chi connectivity index (χ4v) is 2.34. The van der Waals surface area contributed by atoms with E-state index in [0.717, 1.165) is 27.9 Å². The second-order valence-electron chi connectivity index (χ2n) is 4.23. The lowest BCUT2D eigenvalue weighted by atomic mass is 10.0. The maximum atomic E-state index is 9.58. The van der Waals surface area contributed by atoms with Gasteiger partial charge in [-0.3, -0.25) is 0 Å². The molecule has 4 rings (SSSR count). The van der Waals surface area contributed by atoms with Gasteiger partial charge in [0.2, 0.25) is 0 Å². The molecule has 3 N–H and O–H groups in total. The Morgan fingerprint density at radius 3 is 2.94 bits per heavy atom. The van der Waals surface area contributed by atoms with Gasteiger partial charge in [-0.2, -0.15) is 9.89 Å². The van der Waals surface area contributed by atoms with Crippen LogP contribution in [0.25, 0.3) is 22.2 Å². The van der Waals surface area contributed by atoms with E-state index in [2.05, 4.69) is 5.10 Å². The Hall–Kier alpha value is -2.69. The molecule has 0 fully saturated rings. The van der Waals surface area contributed by atoms with Gasteiger partial charge in [-0.05, 0) is 30.3 Å². The number of ether oxygens (including phenoxy) is 1. The summed E-state index contributed by atoms with van der Waals surface area (Å²) in [6.07, 6.45) is 0. The van der Waals surface area contributed by atoms with Gasteiger partial charge < -0.3 is 15.7 Å². The Morgan fingerprint density at radius 1 is 1.17 bits per heavy atom. The number of nitrogens with two attached hydrogens (primary N) is 1. The number of aromatic nitrogens is 2. The highest BCUT2D eigenvalue weighted by molar-refractivity contribution is 6.01. The molecule has 0 bridgehead atoms. The molecule has 1 aliphatic rings. The van der Waals surface area contributed by atoms with Crippen molar-refractivity contribution in [3.8, 4) is 28.5 Å². The summed E-state index contributed by atoms with van der Waals surface area (Å²) in [6.45, 7) is 0. The summed E-state index contributed by atoms with van der Waals surface area (Å²) in [5.41, 5.74) is 2.29. The van der Waals surface area contributed by atoms with Crippen molar-refractivity contribution in [3.63, 3.8) is 0 Å². The predicted molar refractivity (Wildman–Crippen MR) is 67.1 cm³/mol. The van der Waals surface area contributed by atoms with Gasteiger partial charge >= 0.3 is 0 Å². The van der Waals surface area contributed by atoms with Crippen molar-refractivity contribution in [2.45, 2.75) is 0 Å². The molecule has 2 heterocycles. The summed E-state index contributed by atoms with van der Waals surface area (Å²) in [5.74, 6) is 7.42. The van der Waals surface area contributed by atoms with E-state index in [9.17, 15) is 5.11 Å². The molecule has 1 aromatic heterocycles. The van der Waals surface area contributed by atoms with Crippen molar-refractivity contribution in [2.75, 3.05) is 5.84 Å². The van der Waals surface area contributed by atoms with Crippen LogP contribution < -0.4 is 10.6 Å². The van der Waals surface area contributed by atoms with Gasteiger partial charge in [0, 0.05) is 5.56 Å². The van der Waals surface area contributed by atoms with Crippen LogP contribution in [0.5, 0.6) is 17.2 Å². The fourth-order valence-electron chi connectivity index (χ4n) is 2.34. The number of phenols is 1. The van der Waals surface area contributed by atoms with Crippen molar-refractivity contribution in [2.24, 2.45) is 0 Å². The first-order valence-corrected chi connectivity index (χ1v) is 5.52. The van der Waals surface area contributed by atoms with E-state index in [0.29, 0.717) is 5.75 Å². The van der Waals surface area contributed by atoms with Crippen molar-refractivity contribution in [1.82, 2.24) is 9.89 Å². The Labute approximate surface area is 102 Å². The smallest absolute Gasteiger partial charge is 0.139 e. The average Bonchev–Trinajstić information content (AvgIpc) is 2.71. The molecule has 0 amide bonds. The van der Waals surface area contributed by atoms with Crippen molar-refractivity contribution in [3.05, 3.63) is 36.4 Å². The summed E-state index contributed by atoms with van der Waals surface area (Å²) in [4.78, 5) is 1.33. The van der Waals surface area contributed by atoms with Crippen LogP contribution in [-0.2, 0) is 0 Å². The van der Waals surface area contributed by atoms with E-state index >= 15 is 0 Å². The molecular formula is C13H9N3O2. The lowest BCUT2D eigenvalue weighted by Crippen LogP contribution is -2.09. The molecule has 0 saturated carbocycles. The van der Waals surface area contributed by atoms with E-state index < -0.39 is 0 Å². The minimum absolute atomic E-state index is 0.177. The fraction of sp³-hybridized carbons (Fsp3) is 0. The highest BCUT2D eigenvalue weighted by Crippen LogP contribution is 2.46. The Balaban J connectivity index is 2.18. The zero-order valence-electron chi connectivity index (χ0n) is 9.29. The summed E-state index contributed by atoms with van der Waals surface area (Å²) < 4.78 is 5.80. The summed E-state index contributed by atoms with van der Waals surface area (Å²) in [5, 5.41) is 14.8. The highest BCUT2D eigenvalue weighted by Gasteiger charge is 2.24. The molecule has 3 aromatic rings. The monoisotopic (exact) mass is 239 g/mol. The number of phenolic OH excluding ortho intramolecular Hbond substituents is 1. The molecule has 5 nitrogen and oxygen atoms in total. The van der Waals surface area contributed by atoms with Crippen LogP contribution in [0.2, 0.25) is 0 Å². The quantitative estimate of drug-likeness (QED) is 0.461. The third kappa shape index (κ3) is 1.03. The summed E-state index contributed by atoms with van der Waals surface area (Å²) in [7, 11) is 0. The molecule has 0 saturated heterocycles. The number of nitrogens with zero attached hydrogens (tertiary/aromatic N) is 2. The van der Waals surface area contributed by atoms with Crippen LogP contribution in [-0.4, -0.2) is 15.0 Å². The number of hydrogen-bond donors (Lipinski definition) is 2. The first kappa shape index (κ1) is 9.35. The van der Waals surface area contributed by atoms with Gasteiger partial charge in [-0.25, -0.2) is 0 Å². The second kappa shape index (κ2) is 2.95. The lowest BCUT2D eigenvalue weighted by Gasteiger charge is -2.16. The first-order valence-electron chi connectivity index (χ1n) is 5.52. The van der Waals surface area contributed by atoms with Gasteiger partial charge in [0.1, 0.15) is 22.9 Å². The SMILES string of the molecule is Nn1nc2c3c(cccc31)Oc1ccc(O)cc1-2. The highest BCUT2D eigenvalue weighted by atomic mass is 16.5. The minimum Gasteiger partial charge on any atom is -0.508 e. The van der Waals surface area contributed by atoms with Crippen LogP contribution in [0, 0.1) is 0 Å². The maximum Gasteiger partial charge on any atom is 0.139 e. The number of hydrogen-bond acceptors (Lipinski definition) is 4. The first-order chi connectivity index (χ1) is 8.74. The largest absolute Gasteiger partial charge is 0.508 e. The predicted octanol–water partition coefficient (Wildman–Crippen LogP) is 2.23. The summed E-state index contributed by atoms with van der Waals surface area (Å²) in [6, 6.07) is 10.6. The lowest BCUT2D eigenvalue weighted by molar-refractivity contribution is 0.466. The van der Waals surface area contributed by atoms with Crippen molar-refractivity contribution in [1.29, 1.82) is 0 Å². The van der Waals surface area contributed by atoms with Gasteiger partial charge in [0.05, 0.1) is 10.9 Å². The van der Waals surface area contributed by atoms with Gasteiger partial charge in [0.25, 0.3) is 0 Å². The van der Waals surface area contributed by atoms with E-state index in [4.69, 9.17) is 10.6 Å². The van der Waals surface area contributed by atoms with E-state index in [1.54, 1.807) is 18.2 Å². The Bertz CT molecular complexity index is 792. The number of fused-ring (bicyclic) bond motifs is 2. The van der Waals surface area contributed by atoms with Crippen LogP contribution in [0.1, 0.15) is 0 Å². The molecule has 2 aromatic carbocycles. The number of rotatable bonds is 0. The third-order valence-electron chi connectivity index (χ3n) is 3.13. The molecular weight excluding hydrogens is 230 g/mol. The van der Waals surface area contributed by atoms with Crippen molar-refractivity contribution < 1.29 is 9.84 Å². The standard InChI is InChI=1S/C13H9N3O2/c14-16-9-2-1-3-11-12(9)13(15-16)8-6-7(17)4-5-10(8)18-11/h1-6,17H,14H2. The molecule has 18 heavy (non-hydrogen) atoms. The van der Waals surface area contributed by atoms with Gasteiger partial charge in [-0.15, -0.1) is 0 Å². The van der Waals surface area contributed by atoms with E-state index in [1.807, 2.05) is 18.2 Å². The minimum atomic E-state index is 0.177. The molecule has 0 radical (unpaired) electrons. The van der Waals surface area contributed by atoms with Crippen LogP contribution >= 0.6 is 0 Å².